The van der Waals surface area contributed by atoms with Crippen LogP contribution in [-0.4, -0.2) is 18.9 Å². The summed E-state index contributed by atoms with van der Waals surface area (Å²) in [6, 6.07) is 6.07. The molecule has 0 saturated carbocycles. The fourth-order valence-corrected chi connectivity index (χ4v) is 0.985. The average Bonchev–Trinajstić information content (AvgIpc) is 2.02. The van der Waals surface area contributed by atoms with E-state index >= 15 is 0 Å². The van der Waals surface area contributed by atoms with Crippen LogP contribution in [0, 0.1) is 0 Å². The molecule has 5 nitrogen and oxygen atoms in total. The molecule has 0 aromatic heterocycles. The largest absolute Gasteiger partial charge is 1.00 e. The van der Waals surface area contributed by atoms with Crippen molar-refractivity contribution in [3.63, 3.8) is 0 Å². The predicted octanol–water partition coefficient (Wildman–Crippen LogP) is -2.85. The summed E-state index contributed by atoms with van der Waals surface area (Å²) in [5, 5.41) is 0. The number of hydrogen-bond acceptors (Lipinski definition) is 5. The first-order chi connectivity index (χ1) is 5.97. The van der Waals surface area contributed by atoms with Gasteiger partial charge in [-0.25, -0.2) is 8.42 Å². The van der Waals surface area contributed by atoms with Crippen LogP contribution in [0.4, 0.5) is 5.69 Å². The van der Waals surface area contributed by atoms with E-state index in [4.69, 9.17) is 5.73 Å². The molecule has 0 atom stereocenters. The summed E-state index contributed by atoms with van der Waals surface area (Å²) in [7, 11) is -4.34. The third kappa shape index (κ3) is 5.46. The summed E-state index contributed by atoms with van der Waals surface area (Å²) in [4.78, 5) is 0. The Hall–Kier alpha value is -0.270. The summed E-state index contributed by atoms with van der Waals surface area (Å²) in [6.45, 7) is 0. The first kappa shape index (κ1) is 13.7. The van der Waals surface area contributed by atoms with Crippen molar-refractivity contribution in [2.45, 2.75) is 0 Å². The zero-order valence-electron chi connectivity index (χ0n) is 7.64. The van der Waals surface area contributed by atoms with Gasteiger partial charge in [-0.05, 0) is 24.3 Å². The molecule has 0 saturated heterocycles. The minimum atomic E-state index is -4.34. The van der Waals surface area contributed by atoms with Crippen LogP contribution in [-0.2, 0) is 10.1 Å². The third-order valence-corrected chi connectivity index (χ3v) is 1.66. The molecule has 1 aromatic carbocycles. The number of ether oxygens (including phenoxy) is 1. The molecule has 0 spiro atoms. The molecule has 0 radical (unpaired) electrons. The van der Waals surface area contributed by atoms with Gasteiger partial charge in [0, 0.05) is 5.69 Å². The summed E-state index contributed by atoms with van der Waals surface area (Å²) in [5.74, 6) is -0.565. The second-order valence-corrected chi connectivity index (χ2v) is 3.74. The van der Waals surface area contributed by atoms with Gasteiger partial charge in [0.1, 0.15) is 15.9 Å². The molecule has 0 amide bonds. The van der Waals surface area contributed by atoms with Crippen molar-refractivity contribution in [2.75, 3.05) is 11.7 Å². The topological polar surface area (TPSA) is 92.5 Å². The van der Waals surface area contributed by atoms with Crippen LogP contribution < -0.4 is 40.0 Å². The molecule has 14 heavy (non-hydrogen) atoms. The van der Waals surface area contributed by atoms with E-state index in [2.05, 4.69) is 4.74 Å². The van der Waals surface area contributed by atoms with E-state index < -0.39 is 16.1 Å². The summed E-state index contributed by atoms with van der Waals surface area (Å²) in [5.41, 5.74) is 5.91. The van der Waals surface area contributed by atoms with Crippen molar-refractivity contribution in [3.05, 3.63) is 24.3 Å². The Morgan fingerprint density at radius 3 is 2.21 bits per heavy atom. The molecule has 0 bridgehead atoms. The molecule has 0 aliphatic carbocycles. The fraction of sp³-hybridized carbons (Fsp3) is 0.143. The van der Waals surface area contributed by atoms with Gasteiger partial charge in [-0.2, -0.15) is 0 Å². The van der Waals surface area contributed by atoms with E-state index in [9.17, 15) is 13.0 Å². The predicted molar refractivity (Wildman–Crippen MR) is 46.0 cm³/mol. The molecular weight excluding hydrogens is 217 g/mol. The molecule has 2 N–H and O–H groups in total. The van der Waals surface area contributed by atoms with Gasteiger partial charge < -0.3 is 15.0 Å². The SMILES string of the molecule is Nc1ccc(OCS(=O)(=O)[O-])cc1.[Na+]. The monoisotopic (exact) mass is 225 g/mol. The second kappa shape index (κ2) is 5.57. The summed E-state index contributed by atoms with van der Waals surface area (Å²) < 4.78 is 35.2. The van der Waals surface area contributed by atoms with E-state index in [1.807, 2.05) is 0 Å². The van der Waals surface area contributed by atoms with Gasteiger partial charge in [0.05, 0.1) is 0 Å². The van der Waals surface area contributed by atoms with E-state index in [0.717, 1.165) is 0 Å². The van der Waals surface area contributed by atoms with Crippen LogP contribution in [0.1, 0.15) is 0 Å². The molecule has 0 aliphatic heterocycles. The Labute approximate surface area is 104 Å². The Morgan fingerprint density at radius 1 is 1.29 bits per heavy atom. The van der Waals surface area contributed by atoms with Crippen molar-refractivity contribution in [2.24, 2.45) is 0 Å². The standard InChI is InChI=1S/C7H9NO4S.Na/c8-6-1-3-7(4-2-6)12-5-13(9,10)11;/h1-4H,5,8H2,(H,9,10,11);/q;+1/p-1. The summed E-state index contributed by atoms with van der Waals surface area (Å²) in [6.07, 6.45) is 0. The van der Waals surface area contributed by atoms with E-state index in [1.165, 1.54) is 12.1 Å². The minimum absolute atomic E-state index is 0. The normalized spacial score (nSPS) is 10.4. The molecule has 0 fully saturated rings. The van der Waals surface area contributed by atoms with Crippen LogP contribution in [0.5, 0.6) is 5.75 Å². The molecule has 0 heterocycles. The van der Waals surface area contributed by atoms with Gasteiger partial charge in [-0.15, -0.1) is 0 Å². The Kier molecular flexibility index (Phi) is 5.46. The van der Waals surface area contributed by atoms with Crippen molar-refractivity contribution < 1.29 is 47.3 Å². The smallest absolute Gasteiger partial charge is 0.745 e. The zero-order valence-corrected chi connectivity index (χ0v) is 10.5. The number of benzene rings is 1. The van der Waals surface area contributed by atoms with Gasteiger partial charge in [0.25, 0.3) is 0 Å². The van der Waals surface area contributed by atoms with Gasteiger partial charge in [-0.1, -0.05) is 0 Å². The molecule has 1 rings (SSSR count). The van der Waals surface area contributed by atoms with Crippen LogP contribution >= 0.6 is 0 Å². The molecular formula is C7H8NNaO4S. The number of nitrogens with two attached hydrogens (primary N) is 1. The van der Waals surface area contributed by atoms with Gasteiger partial charge in [0.15, 0.2) is 5.94 Å². The molecule has 72 valence electrons. The Morgan fingerprint density at radius 2 is 1.79 bits per heavy atom. The molecule has 0 unspecified atom stereocenters. The second-order valence-electron chi connectivity index (χ2n) is 2.39. The minimum Gasteiger partial charge on any atom is -0.745 e. The van der Waals surface area contributed by atoms with Gasteiger partial charge in [0.2, 0.25) is 0 Å². The van der Waals surface area contributed by atoms with E-state index in [0.29, 0.717) is 11.4 Å². The fourth-order valence-electron chi connectivity index (χ4n) is 0.704. The summed E-state index contributed by atoms with van der Waals surface area (Å²) >= 11 is 0. The quantitative estimate of drug-likeness (QED) is 0.339. The van der Waals surface area contributed by atoms with Gasteiger partial charge >= 0.3 is 29.6 Å². The number of rotatable bonds is 3. The molecule has 1 aromatic rings. The maximum Gasteiger partial charge on any atom is 1.00 e. The number of nitrogen functional groups attached to an aromatic ring is 1. The van der Waals surface area contributed by atoms with Crippen LogP contribution in [0.25, 0.3) is 0 Å². The van der Waals surface area contributed by atoms with Crippen LogP contribution in [0.2, 0.25) is 0 Å². The molecule has 0 aliphatic rings. The Bertz CT molecular complexity index is 375. The van der Waals surface area contributed by atoms with E-state index in [-0.39, 0.29) is 29.6 Å². The number of anilines is 1. The Balaban J connectivity index is 0.00000169. The van der Waals surface area contributed by atoms with Crippen molar-refractivity contribution in [1.82, 2.24) is 0 Å². The van der Waals surface area contributed by atoms with Crippen LogP contribution in [0.3, 0.4) is 0 Å². The van der Waals surface area contributed by atoms with Crippen molar-refractivity contribution in [3.8, 4) is 5.75 Å². The first-order valence-electron chi connectivity index (χ1n) is 3.39. The zero-order chi connectivity index (χ0) is 9.90. The average molecular weight is 225 g/mol. The molecule has 7 heteroatoms. The number of hydrogen-bond donors (Lipinski definition) is 1. The van der Waals surface area contributed by atoms with Gasteiger partial charge in [-0.3, -0.25) is 0 Å². The van der Waals surface area contributed by atoms with Crippen molar-refractivity contribution >= 4 is 15.8 Å². The maximum atomic E-state index is 10.2. The first-order valence-corrected chi connectivity index (χ1v) is 4.97. The van der Waals surface area contributed by atoms with Crippen molar-refractivity contribution in [1.29, 1.82) is 0 Å². The third-order valence-electron chi connectivity index (χ3n) is 1.25. The maximum absolute atomic E-state index is 10.2. The van der Waals surface area contributed by atoms with E-state index in [1.54, 1.807) is 12.1 Å². The van der Waals surface area contributed by atoms with Crippen LogP contribution in [0.15, 0.2) is 24.3 Å².